The molecule has 0 aliphatic rings. The topological polar surface area (TPSA) is 86.4 Å². The van der Waals surface area contributed by atoms with Crippen LogP contribution in [0.2, 0.25) is 0 Å². The summed E-state index contributed by atoms with van der Waals surface area (Å²) in [5.74, 6) is -1.76. The van der Waals surface area contributed by atoms with Crippen molar-refractivity contribution >= 4 is 5.97 Å². The van der Waals surface area contributed by atoms with Gasteiger partial charge in [-0.3, -0.25) is 4.57 Å². The van der Waals surface area contributed by atoms with E-state index in [0.29, 0.717) is 12.2 Å². The van der Waals surface area contributed by atoms with E-state index in [9.17, 15) is 19.1 Å². The second kappa shape index (κ2) is 7.45. The Morgan fingerprint density at radius 2 is 1.96 bits per heavy atom. The van der Waals surface area contributed by atoms with Crippen molar-refractivity contribution in [3.05, 3.63) is 75.7 Å². The Balaban J connectivity index is 2.06. The summed E-state index contributed by atoms with van der Waals surface area (Å²) >= 11 is 0. The van der Waals surface area contributed by atoms with E-state index in [4.69, 9.17) is 4.74 Å². The standard InChI is InChI=1S/C19H18FN3O4/c1-3-17-21-23(19(26)22(17)2)15-10-16(13(18(24)25)9-14(15)20)27-11-12-7-5-4-6-8-12/h4-10H,3,11H2,1-2H3,(H,24,25). The van der Waals surface area contributed by atoms with Gasteiger partial charge in [0.25, 0.3) is 0 Å². The summed E-state index contributed by atoms with van der Waals surface area (Å²) in [5, 5.41) is 13.5. The summed E-state index contributed by atoms with van der Waals surface area (Å²) in [6.45, 7) is 1.92. The highest BCUT2D eigenvalue weighted by Gasteiger charge is 2.20. The smallest absolute Gasteiger partial charge is 0.350 e. The molecule has 140 valence electrons. The molecule has 3 rings (SSSR count). The van der Waals surface area contributed by atoms with Gasteiger partial charge in [0.2, 0.25) is 0 Å². The first kappa shape index (κ1) is 18.4. The van der Waals surface area contributed by atoms with Gasteiger partial charge < -0.3 is 9.84 Å². The predicted octanol–water partition coefficient (Wildman–Crippen LogP) is 2.55. The summed E-state index contributed by atoms with van der Waals surface area (Å²) in [4.78, 5) is 23.8. The van der Waals surface area contributed by atoms with Gasteiger partial charge in [0.05, 0.1) is 0 Å². The van der Waals surface area contributed by atoms with Crippen molar-refractivity contribution in [3.8, 4) is 11.4 Å². The number of rotatable bonds is 6. The van der Waals surface area contributed by atoms with Gasteiger partial charge in [-0.2, -0.15) is 4.68 Å². The number of ether oxygens (including phenoxy) is 1. The van der Waals surface area contributed by atoms with Gasteiger partial charge in [-0.25, -0.2) is 14.0 Å². The van der Waals surface area contributed by atoms with Crippen LogP contribution in [0.3, 0.4) is 0 Å². The molecule has 1 N–H and O–H groups in total. The molecular weight excluding hydrogens is 353 g/mol. The number of aromatic carboxylic acids is 1. The zero-order valence-corrected chi connectivity index (χ0v) is 14.8. The summed E-state index contributed by atoms with van der Waals surface area (Å²) in [6.07, 6.45) is 0.491. The van der Waals surface area contributed by atoms with Crippen molar-refractivity contribution in [3.63, 3.8) is 0 Å². The first-order valence-electron chi connectivity index (χ1n) is 8.31. The van der Waals surface area contributed by atoms with Crippen molar-refractivity contribution in [2.75, 3.05) is 0 Å². The third-order valence-corrected chi connectivity index (χ3v) is 4.13. The van der Waals surface area contributed by atoms with Crippen molar-refractivity contribution in [2.45, 2.75) is 20.0 Å². The number of benzene rings is 2. The highest BCUT2D eigenvalue weighted by molar-refractivity contribution is 5.91. The monoisotopic (exact) mass is 371 g/mol. The number of carboxylic acid groups (broad SMARTS) is 1. The molecule has 27 heavy (non-hydrogen) atoms. The number of hydrogen-bond acceptors (Lipinski definition) is 4. The van der Waals surface area contributed by atoms with Gasteiger partial charge in [-0.1, -0.05) is 37.3 Å². The molecule has 7 nitrogen and oxygen atoms in total. The molecule has 0 aliphatic heterocycles. The van der Waals surface area contributed by atoms with E-state index < -0.39 is 17.5 Å². The summed E-state index contributed by atoms with van der Waals surface area (Å²) < 4.78 is 22.4. The summed E-state index contributed by atoms with van der Waals surface area (Å²) in [6, 6.07) is 11.2. The van der Waals surface area contributed by atoms with Gasteiger partial charge in [0, 0.05) is 19.5 Å². The number of hydrogen-bond donors (Lipinski definition) is 1. The fourth-order valence-electron chi connectivity index (χ4n) is 2.67. The lowest BCUT2D eigenvalue weighted by atomic mass is 10.1. The second-order valence-electron chi connectivity index (χ2n) is 5.90. The predicted molar refractivity (Wildman–Crippen MR) is 95.9 cm³/mol. The van der Waals surface area contributed by atoms with Gasteiger partial charge in [0.15, 0.2) is 0 Å². The van der Waals surface area contributed by atoms with E-state index in [1.807, 2.05) is 37.3 Å². The molecule has 1 heterocycles. The molecule has 2 aromatic carbocycles. The fraction of sp³-hybridized carbons (Fsp3) is 0.211. The van der Waals surface area contributed by atoms with E-state index in [1.54, 1.807) is 7.05 Å². The molecule has 0 spiro atoms. The minimum Gasteiger partial charge on any atom is -0.488 e. The first-order chi connectivity index (χ1) is 12.9. The average Bonchev–Trinajstić information content (AvgIpc) is 2.95. The maximum Gasteiger partial charge on any atom is 0.350 e. The molecule has 0 aliphatic carbocycles. The lowest BCUT2D eigenvalue weighted by Gasteiger charge is -2.12. The Labute approximate surface area is 154 Å². The van der Waals surface area contributed by atoms with Crippen molar-refractivity contribution in [2.24, 2.45) is 7.05 Å². The fourth-order valence-corrected chi connectivity index (χ4v) is 2.67. The molecule has 1 aromatic heterocycles. The Morgan fingerprint density at radius 3 is 2.56 bits per heavy atom. The minimum absolute atomic E-state index is 0.0432. The molecule has 0 saturated carbocycles. The Bertz CT molecular complexity index is 1040. The molecule has 0 bridgehead atoms. The van der Waals surface area contributed by atoms with Gasteiger partial charge in [-0.05, 0) is 11.6 Å². The SMILES string of the molecule is CCc1nn(-c2cc(OCc3ccccc3)c(C(=O)O)cc2F)c(=O)n1C. The number of carbonyl (C=O) groups is 1. The molecule has 0 fully saturated rings. The van der Waals surface area contributed by atoms with Crippen LogP contribution < -0.4 is 10.4 Å². The number of aryl methyl sites for hydroxylation is 1. The van der Waals surface area contributed by atoms with Crippen LogP contribution in [0.1, 0.15) is 28.7 Å². The minimum atomic E-state index is -1.33. The largest absolute Gasteiger partial charge is 0.488 e. The molecule has 0 atom stereocenters. The Hall–Kier alpha value is -3.42. The normalized spacial score (nSPS) is 10.8. The molecule has 3 aromatic rings. The lowest BCUT2D eigenvalue weighted by Crippen LogP contribution is -2.23. The maximum absolute atomic E-state index is 14.5. The molecule has 0 saturated heterocycles. The highest BCUT2D eigenvalue weighted by atomic mass is 19.1. The first-order valence-corrected chi connectivity index (χ1v) is 8.31. The van der Waals surface area contributed by atoms with Crippen LogP contribution in [-0.2, 0) is 20.1 Å². The van der Waals surface area contributed by atoms with Crippen LogP contribution in [0.15, 0.2) is 47.3 Å². The van der Waals surface area contributed by atoms with Crippen LogP contribution >= 0.6 is 0 Å². The lowest BCUT2D eigenvalue weighted by molar-refractivity contribution is 0.0691. The van der Waals surface area contributed by atoms with Crippen LogP contribution in [0.25, 0.3) is 5.69 Å². The second-order valence-corrected chi connectivity index (χ2v) is 5.90. The van der Waals surface area contributed by atoms with E-state index in [0.717, 1.165) is 16.3 Å². The van der Waals surface area contributed by atoms with E-state index >= 15 is 0 Å². The number of nitrogens with zero attached hydrogens (tertiary/aromatic N) is 3. The average molecular weight is 371 g/mol. The Morgan fingerprint density at radius 1 is 1.26 bits per heavy atom. The van der Waals surface area contributed by atoms with E-state index in [-0.39, 0.29) is 23.6 Å². The van der Waals surface area contributed by atoms with Gasteiger partial charge in [-0.15, -0.1) is 5.10 Å². The third-order valence-electron chi connectivity index (χ3n) is 4.13. The highest BCUT2D eigenvalue weighted by Crippen LogP contribution is 2.26. The zero-order chi connectivity index (χ0) is 19.6. The van der Waals surface area contributed by atoms with Crippen LogP contribution in [0, 0.1) is 5.82 Å². The number of aromatic nitrogens is 3. The molecule has 0 unspecified atom stereocenters. The van der Waals surface area contributed by atoms with Gasteiger partial charge in [0.1, 0.15) is 35.2 Å². The van der Waals surface area contributed by atoms with Crippen molar-refractivity contribution < 1.29 is 19.0 Å². The van der Waals surface area contributed by atoms with E-state index in [2.05, 4.69) is 5.10 Å². The Kier molecular flexibility index (Phi) is 5.07. The molecular formula is C19H18FN3O4. The quantitative estimate of drug-likeness (QED) is 0.720. The molecule has 0 amide bonds. The summed E-state index contributed by atoms with van der Waals surface area (Å²) in [7, 11) is 1.54. The van der Waals surface area contributed by atoms with Gasteiger partial charge >= 0.3 is 11.7 Å². The molecule has 8 heteroatoms. The maximum atomic E-state index is 14.5. The van der Waals surface area contributed by atoms with Crippen molar-refractivity contribution in [1.29, 1.82) is 0 Å². The zero-order valence-electron chi connectivity index (χ0n) is 14.8. The third kappa shape index (κ3) is 3.59. The molecule has 0 radical (unpaired) electrons. The van der Waals surface area contributed by atoms with Crippen LogP contribution in [0.4, 0.5) is 4.39 Å². The van der Waals surface area contributed by atoms with E-state index in [1.165, 1.54) is 10.6 Å². The number of halogens is 1. The van der Waals surface area contributed by atoms with Crippen LogP contribution in [-0.4, -0.2) is 25.4 Å². The number of carboxylic acids is 1. The summed E-state index contributed by atoms with van der Waals surface area (Å²) in [5.41, 5.74) is -0.193. The van der Waals surface area contributed by atoms with Crippen molar-refractivity contribution in [1.82, 2.24) is 14.3 Å². The van der Waals surface area contributed by atoms with Crippen LogP contribution in [0.5, 0.6) is 5.75 Å².